The summed E-state index contributed by atoms with van der Waals surface area (Å²) in [5, 5.41) is 10.1. The molecule has 2 aromatic heterocycles. The molecule has 2 N–H and O–H groups in total. The summed E-state index contributed by atoms with van der Waals surface area (Å²) in [5.41, 5.74) is 0.323. The summed E-state index contributed by atoms with van der Waals surface area (Å²) >= 11 is 0. The van der Waals surface area contributed by atoms with Gasteiger partial charge in [-0.2, -0.15) is 5.10 Å². The molecule has 9 nitrogen and oxygen atoms in total. The number of hydrogen-bond acceptors (Lipinski definition) is 6. The molecule has 2 aromatic rings. The van der Waals surface area contributed by atoms with Crippen molar-refractivity contribution >= 4 is 11.8 Å². The molecule has 1 saturated carbocycles. The number of amides is 2. The minimum atomic E-state index is -0.221. The van der Waals surface area contributed by atoms with Crippen molar-refractivity contribution in [3.63, 3.8) is 0 Å². The average molecular weight is 360 g/mol. The predicted octanol–water partition coefficient (Wildman–Crippen LogP) is 1.21. The van der Waals surface area contributed by atoms with Crippen LogP contribution in [0.5, 0.6) is 0 Å². The Hall–Kier alpha value is -2.71. The standard InChI is InChI=1S/C17H24N6O3/c1-12-16(19-11-26-12)17(25)22-14-5-2-4-13(8-14)21-15(24)6-3-7-23-10-18-9-20-23/h9-11,13-14H,2-8H2,1H3,(H,21,24)(H,22,25)/t13-,14-/m1/s1. The molecule has 0 spiro atoms. The predicted molar refractivity (Wildman–Crippen MR) is 92.1 cm³/mol. The molecule has 0 aliphatic heterocycles. The van der Waals surface area contributed by atoms with Gasteiger partial charge in [0.2, 0.25) is 5.91 Å². The lowest BCUT2D eigenvalue weighted by Crippen LogP contribution is -2.46. The lowest BCUT2D eigenvalue weighted by atomic mass is 9.90. The zero-order chi connectivity index (χ0) is 18.4. The second-order valence-electron chi connectivity index (χ2n) is 6.62. The smallest absolute Gasteiger partial charge is 0.273 e. The topological polar surface area (TPSA) is 115 Å². The third kappa shape index (κ3) is 4.90. The fourth-order valence-electron chi connectivity index (χ4n) is 3.28. The van der Waals surface area contributed by atoms with Crippen LogP contribution < -0.4 is 10.6 Å². The number of rotatable bonds is 7. The molecule has 1 fully saturated rings. The Labute approximate surface area is 151 Å². The Bertz CT molecular complexity index is 727. The van der Waals surface area contributed by atoms with Gasteiger partial charge in [0.15, 0.2) is 12.1 Å². The van der Waals surface area contributed by atoms with E-state index in [9.17, 15) is 9.59 Å². The van der Waals surface area contributed by atoms with Crippen LogP contribution in [0.25, 0.3) is 0 Å². The first-order valence-electron chi connectivity index (χ1n) is 8.94. The summed E-state index contributed by atoms with van der Waals surface area (Å²) in [5.74, 6) is 0.325. The highest BCUT2D eigenvalue weighted by Gasteiger charge is 2.25. The van der Waals surface area contributed by atoms with E-state index < -0.39 is 0 Å². The summed E-state index contributed by atoms with van der Waals surface area (Å²) in [6.07, 6.45) is 9.10. The molecule has 2 heterocycles. The van der Waals surface area contributed by atoms with E-state index in [1.807, 2.05) is 0 Å². The van der Waals surface area contributed by atoms with Crippen LogP contribution in [0.2, 0.25) is 0 Å². The fourth-order valence-corrected chi connectivity index (χ4v) is 3.28. The maximum Gasteiger partial charge on any atom is 0.273 e. The maximum absolute atomic E-state index is 12.2. The van der Waals surface area contributed by atoms with Gasteiger partial charge in [-0.3, -0.25) is 14.3 Å². The van der Waals surface area contributed by atoms with E-state index in [1.165, 1.54) is 12.7 Å². The first-order chi connectivity index (χ1) is 12.6. The number of aryl methyl sites for hydroxylation is 2. The van der Waals surface area contributed by atoms with Crippen LogP contribution in [0.3, 0.4) is 0 Å². The summed E-state index contributed by atoms with van der Waals surface area (Å²) in [6.45, 7) is 2.39. The van der Waals surface area contributed by atoms with E-state index in [4.69, 9.17) is 4.42 Å². The lowest BCUT2D eigenvalue weighted by Gasteiger charge is -2.30. The van der Waals surface area contributed by atoms with Crippen molar-refractivity contribution in [3.8, 4) is 0 Å². The highest BCUT2D eigenvalue weighted by molar-refractivity contribution is 5.93. The molecular formula is C17H24N6O3. The zero-order valence-corrected chi connectivity index (χ0v) is 14.9. The number of nitrogens with one attached hydrogen (secondary N) is 2. The Morgan fingerprint density at radius 2 is 2.12 bits per heavy atom. The van der Waals surface area contributed by atoms with Crippen molar-refractivity contribution in [1.82, 2.24) is 30.4 Å². The first-order valence-corrected chi connectivity index (χ1v) is 8.94. The monoisotopic (exact) mass is 360 g/mol. The molecule has 0 unspecified atom stereocenters. The molecule has 140 valence electrons. The van der Waals surface area contributed by atoms with Gasteiger partial charge < -0.3 is 15.1 Å². The highest BCUT2D eigenvalue weighted by Crippen LogP contribution is 2.19. The van der Waals surface area contributed by atoms with Crippen LogP contribution in [-0.4, -0.2) is 43.6 Å². The van der Waals surface area contributed by atoms with Crippen LogP contribution in [0.4, 0.5) is 0 Å². The Kier molecular flexibility index (Phi) is 5.98. The minimum absolute atomic E-state index is 0.0350. The van der Waals surface area contributed by atoms with Crippen LogP contribution in [0, 0.1) is 6.92 Å². The quantitative estimate of drug-likeness (QED) is 0.767. The van der Waals surface area contributed by atoms with Gasteiger partial charge in [0.05, 0.1) is 0 Å². The van der Waals surface area contributed by atoms with Gasteiger partial charge in [0, 0.05) is 25.0 Å². The largest absolute Gasteiger partial charge is 0.448 e. The van der Waals surface area contributed by atoms with E-state index in [0.29, 0.717) is 30.8 Å². The zero-order valence-electron chi connectivity index (χ0n) is 14.9. The Balaban J connectivity index is 1.40. The number of oxazole rings is 1. The van der Waals surface area contributed by atoms with E-state index in [2.05, 4.69) is 25.7 Å². The summed E-state index contributed by atoms with van der Waals surface area (Å²) in [4.78, 5) is 32.2. The van der Waals surface area contributed by atoms with E-state index in [1.54, 1.807) is 17.9 Å². The average Bonchev–Trinajstić information content (AvgIpc) is 3.26. The molecule has 0 radical (unpaired) electrons. The number of nitrogens with zero attached hydrogens (tertiary/aromatic N) is 4. The van der Waals surface area contributed by atoms with E-state index in [-0.39, 0.29) is 23.9 Å². The van der Waals surface area contributed by atoms with Crippen molar-refractivity contribution in [2.75, 3.05) is 0 Å². The maximum atomic E-state index is 12.2. The molecule has 0 saturated heterocycles. The lowest BCUT2D eigenvalue weighted by molar-refractivity contribution is -0.122. The van der Waals surface area contributed by atoms with Crippen LogP contribution in [0.15, 0.2) is 23.5 Å². The Morgan fingerprint density at radius 1 is 1.31 bits per heavy atom. The van der Waals surface area contributed by atoms with Crippen molar-refractivity contribution in [1.29, 1.82) is 0 Å². The molecule has 2 amide bonds. The van der Waals surface area contributed by atoms with E-state index >= 15 is 0 Å². The number of aromatic nitrogens is 4. The van der Waals surface area contributed by atoms with Gasteiger partial charge in [-0.05, 0) is 39.0 Å². The fraction of sp³-hybridized carbons (Fsp3) is 0.588. The molecule has 26 heavy (non-hydrogen) atoms. The molecule has 1 aliphatic rings. The Morgan fingerprint density at radius 3 is 2.81 bits per heavy atom. The SMILES string of the molecule is Cc1ocnc1C(=O)N[C@@H]1CCC[C@@H](NC(=O)CCCn2cncn2)C1. The number of hydrogen-bond donors (Lipinski definition) is 2. The molecule has 3 rings (SSSR count). The van der Waals surface area contributed by atoms with Gasteiger partial charge >= 0.3 is 0 Å². The third-order valence-electron chi connectivity index (χ3n) is 4.59. The summed E-state index contributed by atoms with van der Waals surface area (Å²) in [6, 6.07) is 0.124. The number of carbonyl (C=O) groups is 2. The molecule has 9 heteroatoms. The molecule has 0 bridgehead atoms. The normalized spacial score (nSPS) is 19.9. The van der Waals surface area contributed by atoms with E-state index in [0.717, 1.165) is 25.7 Å². The van der Waals surface area contributed by atoms with Crippen LogP contribution in [0.1, 0.15) is 54.8 Å². The van der Waals surface area contributed by atoms with Crippen molar-refractivity contribution in [3.05, 3.63) is 30.5 Å². The van der Waals surface area contributed by atoms with Crippen molar-refractivity contribution in [2.24, 2.45) is 0 Å². The van der Waals surface area contributed by atoms with Crippen molar-refractivity contribution < 1.29 is 14.0 Å². The van der Waals surface area contributed by atoms with Crippen LogP contribution >= 0.6 is 0 Å². The van der Waals surface area contributed by atoms with Gasteiger partial charge in [0.1, 0.15) is 18.4 Å². The molecule has 0 aromatic carbocycles. The van der Waals surface area contributed by atoms with Crippen LogP contribution in [-0.2, 0) is 11.3 Å². The molecule has 2 atom stereocenters. The number of carbonyl (C=O) groups excluding carboxylic acids is 2. The summed E-state index contributed by atoms with van der Waals surface area (Å²) < 4.78 is 6.79. The molecule has 1 aliphatic carbocycles. The third-order valence-corrected chi connectivity index (χ3v) is 4.59. The van der Waals surface area contributed by atoms with Crippen molar-refractivity contribution in [2.45, 2.75) is 64.1 Å². The second kappa shape index (κ2) is 8.59. The molecular weight excluding hydrogens is 336 g/mol. The van der Waals surface area contributed by atoms with Gasteiger partial charge in [0.25, 0.3) is 5.91 Å². The summed E-state index contributed by atoms with van der Waals surface area (Å²) in [7, 11) is 0. The highest BCUT2D eigenvalue weighted by atomic mass is 16.3. The second-order valence-corrected chi connectivity index (χ2v) is 6.62. The first kappa shape index (κ1) is 18.1. The van der Waals surface area contributed by atoms with Gasteiger partial charge in [-0.25, -0.2) is 9.97 Å². The van der Waals surface area contributed by atoms with Gasteiger partial charge in [-0.1, -0.05) is 0 Å². The van der Waals surface area contributed by atoms with Gasteiger partial charge in [-0.15, -0.1) is 0 Å². The minimum Gasteiger partial charge on any atom is -0.448 e.